The highest BCUT2D eigenvalue weighted by Gasteiger charge is 2.09. The van der Waals surface area contributed by atoms with Gasteiger partial charge in [-0.1, -0.05) is 12.1 Å². The van der Waals surface area contributed by atoms with Crippen molar-refractivity contribution < 1.29 is 4.79 Å². The van der Waals surface area contributed by atoms with Crippen molar-refractivity contribution in [3.63, 3.8) is 0 Å². The van der Waals surface area contributed by atoms with Gasteiger partial charge in [0.15, 0.2) is 0 Å². The van der Waals surface area contributed by atoms with E-state index in [1.54, 1.807) is 13.0 Å². The fourth-order valence-electron chi connectivity index (χ4n) is 1.94. The fourth-order valence-corrected chi connectivity index (χ4v) is 2.53. The molecule has 5 nitrogen and oxygen atoms in total. The molecule has 1 heterocycles. The molecule has 0 aliphatic rings. The molecule has 2 aromatic rings. The highest BCUT2D eigenvalue weighted by Crippen LogP contribution is 2.19. The van der Waals surface area contributed by atoms with Crippen molar-refractivity contribution in [2.24, 2.45) is 0 Å². The summed E-state index contributed by atoms with van der Waals surface area (Å²) in [6, 6.07) is 7.44. The summed E-state index contributed by atoms with van der Waals surface area (Å²) in [5, 5.41) is 2.83. The number of benzene rings is 1. The Morgan fingerprint density at radius 2 is 2.14 bits per heavy atom. The van der Waals surface area contributed by atoms with Gasteiger partial charge in [0, 0.05) is 29.7 Å². The maximum absolute atomic E-state index is 12.1. The van der Waals surface area contributed by atoms with Crippen molar-refractivity contribution in [1.82, 2.24) is 14.9 Å². The van der Waals surface area contributed by atoms with E-state index in [9.17, 15) is 9.59 Å². The number of aryl methyl sites for hydroxylation is 1. The highest BCUT2D eigenvalue weighted by molar-refractivity contribution is 7.98. The number of hydrogen-bond acceptors (Lipinski definition) is 4. The van der Waals surface area contributed by atoms with Crippen LogP contribution in [0.3, 0.4) is 0 Å². The molecule has 1 aromatic heterocycles. The van der Waals surface area contributed by atoms with Crippen LogP contribution in [0.1, 0.15) is 15.9 Å². The van der Waals surface area contributed by atoms with Gasteiger partial charge in [-0.25, -0.2) is 4.98 Å². The normalized spacial score (nSPS) is 10.4. The molecule has 1 amide bonds. The molecule has 0 aliphatic heterocycles. The molecule has 1 aromatic carbocycles. The smallest absolute Gasteiger partial charge is 0.256 e. The Morgan fingerprint density at radius 1 is 1.38 bits per heavy atom. The number of carbonyl (C=O) groups excluding carboxylic acids is 1. The van der Waals surface area contributed by atoms with Gasteiger partial charge in [0.1, 0.15) is 0 Å². The fraction of sp³-hybridized carbons (Fsp3) is 0.267. The number of nitrogens with one attached hydrogen (secondary N) is 1. The van der Waals surface area contributed by atoms with Crippen LogP contribution >= 0.6 is 11.8 Å². The van der Waals surface area contributed by atoms with Crippen molar-refractivity contribution in [3.05, 3.63) is 58.3 Å². The predicted octanol–water partition coefficient (Wildman–Crippen LogP) is 1.70. The first-order chi connectivity index (χ1) is 10.1. The zero-order valence-electron chi connectivity index (χ0n) is 12.0. The van der Waals surface area contributed by atoms with Crippen LogP contribution in [-0.4, -0.2) is 28.3 Å². The average Bonchev–Trinajstić information content (AvgIpc) is 2.51. The predicted molar refractivity (Wildman–Crippen MR) is 83.8 cm³/mol. The molecule has 0 atom stereocenters. The summed E-state index contributed by atoms with van der Waals surface area (Å²) in [6.07, 6.45) is 4.95. The zero-order valence-corrected chi connectivity index (χ0v) is 12.8. The second-order valence-corrected chi connectivity index (χ2v) is 5.38. The number of amides is 1. The Labute approximate surface area is 127 Å². The quantitative estimate of drug-likeness (QED) is 0.854. The maximum atomic E-state index is 12.1. The van der Waals surface area contributed by atoms with E-state index < -0.39 is 0 Å². The van der Waals surface area contributed by atoms with Crippen molar-refractivity contribution in [3.8, 4) is 0 Å². The first-order valence-corrected chi connectivity index (χ1v) is 7.78. The van der Waals surface area contributed by atoms with Gasteiger partial charge in [0.05, 0.1) is 11.9 Å². The summed E-state index contributed by atoms with van der Waals surface area (Å²) >= 11 is 1.53. The van der Waals surface area contributed by atoms with Crippen LogP contribution in [0, 0.1) is 6.92 Å². The van der Waals surface area contributed by atoms with Crippen LogP contribution < -0.4 is 10.9 Å². The number of hydrogen-bond donors (Lipinski definition) is 1. The summed E-state index contributed by atoms with van der Waals surface area (Å²) in [6.45, 7) is 2.51. The van der Waals surface area contributed by atoms with E-state index in [1.807, 2.05) is 24.5 Å². The second-order valence-electron chi connectivity index (χ2n) is 4.53. The third-order valence-electron chi connectivity index (χ3n) is 3.06. The summed E-state index contributed by atoms with van der Waals surface area (Å²) < 4.78 is 1.50. The van der Waals surface area contributed by atoms with E-state index in [0.29, 0.717) is 24.2 Å². The molecule has 0 spiro atoms. The Hall–Kier alpha value is -2.08. The molecule has 0 fully saturated rings. The lowest BCUT2D eigenvalue weighted by Crippen LogP contribution is -2.31. The summed E-state index contributed by atoms with van der Waals surface area (Å²) in [7, 11) is 0. The maximum Gasteiger partial charge on any atom is 0.256 e. The Morgan fingerprint density at radius 3 is 2.90 bits per heavy atom. The lowest BCUT2D eigenvalue weighted by molar-refractivity contribution is 0.0949. The Balaban J connectivity index is 1.99. The number of rotatable bonds is 5. The van der Waals surface area contributed by atoms with Crippen LogP contribution in [0.15, 0.2) is 46.5 Å². The van der Waals surface area contributed by atoms with Crippen LogP contribution in [0.5, 0.6) is 0 Å². The van der Waals surface area contributed by atoms with Gasteiger partial charge in [0.2, 0.25) is 0 Å². The van der Waals surface area contributed by atoms with Gasteiger partial charge in [-0.05, 0) is 25.3 Å². The number of nitrogens with zero attached hydrogens (tertiary/aromatic N) is 2. The average molecular weight is 303 g/mol. The Bertz CT molecular complexity index is 697. The van der Waals surface area contributed by atoms with E-state index in [1.165, 1.54) is 28.9 Å². The lowest BCUT2D eigenvalue weighted by Gasteiger charge is -2.09. The minimum Gasteiger partial charge on any atom is -0.350 e. The molecule has 0 bridgehead atoms. The molecule has 0 saturated heterocycles. The number of carbonyl (C=O) groups is 1. The molecule has 21 heavy (non-hydrogen) atoms. The Kier molecular flexibility index (Phi) is 5.16. The third-order valence-corrected chi connectivity index (χ3v) is 3.86. The molecule has 6 heteroatoms. The number of thioether (sulfide) groups is 1. The molecular weight excluding hydrogens is 286 g/mol. The molecule has 0 aliphatic carbocycles. The van der Waals surface area contributed by atoms with Crippen molar-refractivity contribution in [1.29, 1.82) is 0 Å². The minimum atomic E-state index is -0.131. The van der Waals surface area contributed by atoms with Crippen LogP contribution in [0.4, 0.5) is 0 Å². The van der Waals surface area contributed by atoms with Gasteiger partial charge in [-0.2, -0.15) is 0 Å². The van der Waals surface area contributed by atoms with E-state index >= 15 is 0 Å². The zero-order chi connectivity index (χ0) is 15.2. The molecule has 1 N–H and O–H groups in total. The lowest BCUT2D eigenvalue weighted by atomic mass is 10.2. The van der Waals surface area contributed by atoms with Gasteiger partial charge in [-0.15, -0.1) is 11.8 Å². The van der Waals surface area contributed by atoms with E-state index in [2.05, 4.69) is 10.3 Å². The SMILES string of the molecule is CSc1ccccc1C(=O)NCCn1cncc(C)c1=O. The molecule has 0 unspecified atom stereocenters. The standard InChI is InChI=1S/C15H17N3O2S/c1-11-9-16-10-18(15(11)20)8-7-17-14(19)12-5-3-4-6-13(12)21-2/h3-6,9-10H,7-8H2,1-2H3,(H,17,19). The van der Waals surface area contributed by atoms with Gasteiger partial charge < -0.3 is 5.32 Å². The van der Waals surface area contributed by atoms with Crippen molar-refractivity contribution in [2.75, 3.05) is 12.8 Å². The van der Waals surface area contributed by atoms with Crippen molar-refractivity contribution >= 4 is 17.7 Å². The molecule has 0 radical (unpaired) electrons. The monoisotopic (exact) mass is 303 g/mol. The summed E-state index contributed by atoms with van der Waals surface area (Å²) in [4.78, 5) is 28.9. The first-order valence-electron chi connectivity index (χ1n) is 6.55. The van der Waals surface area contributed by atoms with Crippen molar-refractivity contribution in [2.45, 2.75) is 18.4 Å². The second kappa shape index (κ2) is 7.08. The molecule has 0 saturated carbocycles. The van der Waals surface area contributed by atoms with E-state index in [4.69, 9.17) is 0 Å². The van der Waals surface area contributed by atoms with Gasteiger partial charge >= 0.3 is 0 Å². The largest absolute Gasteiger partial charge is 0.350 e. The molecule has 2 rings (SSSR count). The summed E-state index contributed by atoms with van der Waals surface area (Å²) in [5.74, 6) is -0.131. The van der Waals surface area contributed by atoms with Crippen LogP contribution in [0.2, 0.25) is 0 Å². The van der Waals surface area contributed by atoms with Gasteiger partial charge in [0.25, 0.3) is 11.5 Å². The third kappa shape index (κ3) is 3.72. The highest BCUT2D eigenvalue weighted by atomic mass is 32.2. The van der Waals surface area contributed by atoms with E-state index in [-0.39, 0.29) is 11.5 Å². The van der Waals surface area contributed by atoms with Crippen LogP contribution in [-0.2, 0) is 6.54 Å². The van der Waals surface area contributed by atoms with Crippen LogP contribution in [0.25, 0.3) is 0 Å². The first kappa shape index (κ1) is 15.3. The summed E-state index contributed by atoms with van der Waals surface area (Å²) in [5.41, 5.74) is 1.17. The molecule has 110 valence electrons. The van der Waals surface area contributed by atoms with Gasteiger partial charge in [-0.3, -0.25) is 14.2 Å². The number of aromatic nitrogens is 2. The molecular formula is C15H17N3O2S. The topological polar surface area (TPSA) is 64.0 Å². The minimum absolute atomic E-state index is 0.0798. The van der Waals surface area contributed by atoms with E-state index in [0.717, 1.165) is 4.90 Å².